The molecule has 2 aromatic rings. The Morgan fingerprint density at radius 3 is 2.73 bits per heavy atom. The Kier molecular flexibility index (Phi) is 3.42. The maximum atomic E-state index is 12.6. The van der Waals surface area contributed by atoms with Crippen molar-refractivity contribution in [2.45, 2.75) is 13.3 Å². The van der Waals surface area contributed by atoms with Gasteiger partial charge in [0.15, 0.2) is 0 Å². The van der Waals surface area contributed by atoms with Gasteiger partial charge < -0.3 is 4.98 Å². The van der Waals surface area contributed by atoms with E-state index in [1.54, 1.807) is 6.92 Å². The van der Waals surface area contributed by atoms with Crippen molar-refractivity contribution < 1.29 is 19.6 Å². The van der Waals surface area contributed by atoms with Crippen molar-refractivity contribution in [3.8, 4) is 0 Å². The minimum Gasteiger partial charge on any atom is -0.341 e. The Morgan fingerprint density at radius 2 is 2.14 bits per heavy atom. The molecule has 1 fully saturated rings. The van der Waals surface area contributed by atoms with E-state index in [-0.39, 0.29) is 11.5 Å². The number of anilines is 1. The molecule has 114 valence electrons. The summed E-state index contributed by atoms with van der Waals surface area (Å²) < 4.78 is 0. The molecule has 0 unspecified atom stereocenters. The van der Waals surface area contributed by atoms with E-state index in [0.717, 1.165) is 10.9 Å². The van der Waals surface area contributed by atoms with Crippen molar-refractivity contribution >= 4 is 34.4 Å². The molecule has 0 saturated carbocycles. The zero-order chi connectivity index (χ0) is 15.9. The summed E-state index contributed by atoms with van der Waals surface area (Å²) in [6, 6.07) is 9.38. The van der Waals surface area contributed by atoms with Crippen LogP contribution in [0.2, 0.25) is 0 Å². The molecule has 22 heavy (non-hydrogen) atoms. The van der Waals surface area contributed by atoms with E-state index < -0.39 is 23.6 Å². The lowest BCUT2D eigenvalue weighted by molar-refractivity contribution is -0.172. The number of H-pyrrole nitrogens is 1. The van der Waals surface area contributed by atoms with Crippen LogP contribution in [0, 0.1) is 5.92 Å². The fraction of sp³-hybridized carbons (Fsp3) is 0.267. The molecule has 3 amide bonds. The number of nitrogens with one attached hydrogen (secondary N) is 1. The second-order valence-electron chi connectivity index (χ2n) is 5.12. The number of aromatic nitrogens is 1. The SMILES string of the molecule is CCN(C(=O)[C@@H]1CC(=O)N(O)C1=O)c1cc2ccccc2[nH]1. The van der Waals surface area contributed by atoms with Gasteiger partial charge in [0.05, 0.1) is 6.42 Å². The summed E-state index contributed by atoms with van der Waals surface area (Å²) in [5.41, 5.74) is 0.876. The Balaban J connectivity index is 1.92. The van der Waals surface area contributed by atoms with E-state index in [1.807, 2.05) is 30.3 Å². The number of carbonyl (C=O) groups is 3. The number of hydroxylamine groups is 2. The molecule has 1 aliphatic rings. The van der Waals surface area contributed by atoms with Gasteiger partial charge in [-0.05, 0) is 19.1 Å². The molecule has 1 aromatic carbocycles. The van der Waals surface area contributed by atoms with Gasteiger partial charge in [0, 0.05) is 17.4 Å². The smallest absolute Gasteiger partial charge is 0.266 e. The highest BCUT2D eigenvalue weighted by Crippen LogP contribution is 2.26. The molecule has 3 rings (SSSR count). The fourth-order valence-electron chi connectivity index (χ4n) is 2.65. The molecule has 1 atom stereocenters. The summed E-state index contributed by atoms with van der Waals surface area (Å²) in [5.74, 6) is -2.72. The standard InChI is InChI=1S/C15H15N3O4/c1-2-17(12-7-9-5-3-4-6-11(9)16-12)14(20)10-8-13(19)18(22)15(10)21/h3-7,10,16,22H,2,8H2,1H3/t10-/m0/s1. The molecule has 1 aliphatic heterocycles. The minimum atomic E-state index is -1.16. The number of hydrogen-bond acceptors (Lipinski definition) is 4. The first-order chi connectivity index (χ1) is 10.5. The van der Waals surface area contributed by atoms with E-state index in [9.17, 15) is 19.6 Å². The van der Waals surface area contributed by atoms with Crippen LogP contribution in [-0.2, 0) is 14.4 Å². The average Bonchev–Trinajstić information content (AvgIpc) is 3.04. The van der Waals surface area contributed by atoms with Crippen molar-refractivity contribution in [1.82, 2.24) is 10.0 Å². The number of amides is 3. The van der Waals surface area contributed by atoms with E-state index in [4.69, 9.17) is 0 Å². The third kappa shape index (κ3) is 2.15. The molecule has 7 nitrogen and oxygen atoms in total. The number of imide groups is 1. The van der Waals surface area contributed by atoms with Gasteiger partial charge in [0.1, 0.15) is 11.7 Å². The number of rotatable bonds is 3. The van der Waals surface area contributed by atoms with Crippen LogP contribution in [0.25, 0.3) is 10.9 Å². The Labute approximate surface area is 126 Å². The van der Waals surface area contributed by atoms with Gasteiger partial charge in [-0.15, -0.1) is 0 Å². The Hall–Kier alpha value is -2.67. The molecular weight excluding hydrogens is 286 g/mol. The number of benzene rings is 1. The number of nitrogens with zero attached hydrogens (tertiary/aromatic N) is 2. The van der Waals surface area contributed by atoms with Gasteiger partial charge in [-0.25, -0.2) is 0 Å². The second-order valence-corrected chi connectivity index (χ2v) is 5.12. The van der Waals surface area contributed by atoms with Crippen molar-refractivity contribution in [2.75, 3.05) is 11.4 Å². The largest absolute Gasteiger partial charge is 0.341 e. The summed E-state index contributed by atoms with van der Waals surface area (Å²) >= 11 is 0. The predicted octanol–water partition coefficient (Wildman–Crippen LogP) is 1.29. The highest BCUT2D eigenvalue weighted by Gasteiger charge is 2.44. The first-order valence-corrected chi connectivity index (χ1v) is 6.97. The number of hydrogen-bond donors (Lipinski definition) is 2. The summed E-state index contributed by atoms with van der Waals surface area (Å²) in [7, 11) is 0. The highest BCUT2D eigenvalue weighted by molar-refractivity contribution is 6.16. The fourth-order valence-corrected chi connectivity index (χ4v) is 2.65. The molecule has 0 bridgehead atoms. The molecule has 0 spiro atoms. The molecule has 1 saturated heterocycles. The number of aromatic amines is 1. The van der Waals surface area contributed by atoms with E-state index in [0.29, 0.717) is 12.4 Å². The normalized spacial score (nSPS) is 18.3. The van der Waals surface area contributed by atoms with E-state index in [2.05, 4.69) is 4.98 Å². The predicted molar refractivity (Wildman–Crippen MR) is 78.1 cm³/mol. The van der Waals surface area contributed by atoms with Crippen LogP contribution < -0.4 is 4.90 Å². The lowest BCUT2D eigenvalue weighted by atomic mass is 10.1. The topological polar surface area (TPSA) is 93.7 Å². The van der Waals surface area contributed by atoms with Gasteiger partial charge in [-0.3, -0.25) is 24.5 Å². The van der Waals surface area contributed by atoms with Crippen molar-refractivity contribution in [2.24, 2.45) is 5.92 Å². The first-order valence-electron chi connectivity index (χ1n) is 6.97. The number of fused-ring (bicyclic) bond motifs is 1. The Bertz CT molecular complexity index is 734. The quantitative estimate of drug-likeness (QED) is 0.507. The zero-order valence-electron chi connectivity index (χ0n) is 11.9. The van der Waals surface area contributed by atoms with Crippen LogP contribution in [-0.4, -0.2) is 39.5 Å². The molecule has 1 aromatic heterocycles. The lowest BCUT2D eigenvalue weighted by Gasteiger charge is -2.21. The van der Waals surface area contributed by atoms with Crippen LogP contribution in [0.5, 0.6) is 0 Å². The van der Waals surface area contributed by atoms with Crippen molar-refractivity contribution in [1.29, 1.82) is 0 Å². The molecular formula is C15H15N3O4. The Morgan fingerprint density at radius 1 is 1.41 bits per heavy atom. The number of para-hydroxylation sites is 1. The second kappa shape index (κ2) is 5.27. The third-order valence-electron chi connectivity index (χ3n) is 3.81. The maximum absolute atomic E-state index is 12.6. The van der Waals surface area contributed by atoms with Crippen LogP contribution in [0.3, 0.4) is 0 Å². The minimum absolute atomic E-state index is 0.0294. The monoisotopic (exact) mass is 301 g/mol. The van der Waals surface area contributed by atoms with Crippen molar-refractivity contribution in [3.63, 3.8) is 0 Å². The lowest BCUT2D eigenvalue weighted by Crippen LogP contribution is -2.39. The zero-order valence-corrected chi connectivity index (χ0v) is 11.9. The van der Waals surface area contributed by atoms with Gasteiger partial charge in [0.2, 0.25) is 5.91 Å². The van der Waals surface area contributed by atoms with Crippen LogP contribution >= 0.6 is 0 Å². The molecule has 2 heterocycles. The van der Waals surface area contributed by atoms with Gasteiger partial charge in [-0.2, -0.15) is 5.06 Å². The van der Waals surface area contributed by atoms with Gasteiger partial charge in [-0.1, -0.05) is 18.2 Å². The molecule has 0 aliphatic carbocycles. The number of carbonyl (C=O) groups excluding carboxylic acids is 3. The van der Waals surface area contributed by atoms with Gasteiger partial charge >= 0.3 is 0 Å². The summed E-state index contributed by atoms with van der Waals surface area (Å²) in [6.07, 6.45) is -0.301. The van der Waals surface area contributed by atoms with Crippen LogP contribution in [0.15, 0.2) is 30.3 Å². The van der Waals surface area contributed by atoms with E-state index in [1.165, 1.54) is 4.90 Å². The van der Waals surface area contributed by atoms with Crippen LogP contribution in [0.4, 0.5) is 5.82 Å². The highest BCUT2D eigenvalue weighted by atomic mass is 16.5. The molecule has 0 radical (unpaired) electrons. The molecule has 2 N–H and O–H groups in total. The van der Waals surface area contributed by atoms with Crippen LogP contribution in [0.1, 0.15) is 13.3 Å². The first kappa shape index (κ1) is 14.3. The summed E-state index contributed by atoms with van der Waals surface area (Å²) in [6.45, 7) is 2.12. The van der Waals surface area contributed by atoms with Crippen molar-refractivity contribution in [3.05, 3.63) is 30.3 Å². The maximum Gasteiger partial charge on any atom is 0.266 e. The third-order valence-corrected chi connectivity index (χ3v) is 3.81. The summed E-state index contributed by atoms with van der Waals surface area (Å²) in [5, 5.41) is 10.3. The summed E-state index contributed by atoms with van der Waals surface area (Å²) in [4.78, 5) is 40.2. The van der Waals surface area contributed by atoms with E-state index >= 15 is 0 Å². The van der Waals surface area contributed by atoms with Gasteiger partial charge in [0.25, 0.3) is 11.8 Å². The molecule has 7 heteroatoms. The average molecular weight is 301 g/mol.